The van der Waals surface area contributed by atoms with Gasteiger partial charge >= 0.3 is 5.97 Å². The van der Waals surface area contributed by atoms with Crippen molar-refractivity contribution in [2.75, 3.05) is 0 Å². The Morgan fingerprint density at radius 1 is 1.23 bits per heavy atom. The molecule has 0 aliphatic heterocycles. The molecule has 0 fully saturated rings. The van der Waals surface area contributed by atoms with E-state index in [1.807, 2.05) is 0 Å². The number of carboxylic acid groups (broad SMARTS) is 1. The van der Waals surface area contributed by atoms with Gasteiger partial charge in [-0.15, -0.1) is 0 Å². The third-order valence-corrected chi connectivity index (χ3v) is 5.09. The van der Waals surface area contributed by atoms with E-state index in [1.165, 1.54) is 12.1 Å². The van der Waals surface area contributed by atoms with Gasteiger partial charge in [-0.25, -0.2) is 13.1 Å². The summed E-state index contributed by atoms with van der Waals surface area (Å²) in [6.45, 7) is 8.43. The number of sulfonamides is 1. The summed E-state index contributed by atoms with van der Waals surface area (Å²) in [6, 6.07) is 4.35. The van der Waals surface area contributed by atoms with Gasteiger partial charge in [-0.05, 0) is 58.7 Å². The topological polar surface area (TPSA) is 83.5 Å². The number of benzene rings is 1. The molecule has 0 aromatic heterocycles. The molecule has 0 heterocycles. The van der Waals surface area contributed by atoms with Gasteiger partial charge in [-0.3, -0.25) is 4.79 Å². The van der Waals surface area contributed by atoms with Gasteiger partial charge in [0.15, 0.2) is 0 Å². The van der Waals surface area contributed by atoms with Crippen molar-refractivity contribution in [3.8, 4) is 0 Å². The third kappa shape index (κ3) is 4.97. The van der Waals surface area contributed by atoms with E-state index in [-0.39, 0.29) is 16.3 Å². The number of hydrogen-bond donors (Lipinski definition) is 2. The Morgan fingerprint density at radius 2 is 1.77 bits per heavy atom. The van der Waals surface area contributed by atoms with Gasteiger partial charge in [-0.2, -0.15) is 0 Å². The minimum atomic E-state index is -3.67. The molecule has 124 valence electrons. The minimum absolute atomic E-state index is 0.0595. The zero-order valence-corrected chi connectivity index (χ0v) is 15.0. The lowest BCUT2D eigenvalue weighted by Crippen LogP contribution is -2.40. The molecule has 0 unspecified atom stereocenters. The molecule has 0 aliphatic carbocycles. The maximum atomic E-state index is 12.2. The number of nitrogens with one attached hydrogen (secondary N) is 1. The second-order valence-electron chi connectivity index (χ2n) is 6.97. The number of halogens is 1. The molecule has 0 atom stereocenters. The van der Waals surface area contributed by atoms with Crippen LogP contribution < -0.4 is 4.72 Å². The van der Waals surface area contributed by atoms with Gasteiger partial charge in [0, 0.05) is 10.6 Å². The van der Waals surface area contributed by atoms with Crippen LogP contribution in [0.1, 0.15) is 40.2 Å². The predicted molar refractivity (Wildman–Crippen MR) is 86.6 cm³/mol. The van der Waals surface area contributed by atoms with Gasteiger partial charge in [0.2, 0.25) is 10.0 Å². The van der Waals surface area contributed by atoms with Crippen molar-refractivity contribution >= 4 is 27.6 Å². The quantitative estimate of drug-likeness (QED) is 0.857. The first kappa shape index (κ1) is 18.9. The molecule has 0 radical (unpaired) electrons. The van der Waals surface area contributed by atoms with E-state index in [2.05, 4.69) is 4.72 Å². The first-order chi connectivity index (χ1) is 9.74. The van der Waals surface area contributed by atoms with Crippen LogP contribution in [-0.4, -0.2) is 25.0 Å². The maximum absolute atomic E-state index is 12.2. The number of rotatable bonds is 5. The van der Waals surface area contributed by atoms with Crippen molar-refractivity contribution in [2.24, 2.45) is 5.41 Å². The third-order valence-electron chi connectivity index (χ3n) is 2.99. The van der Waals surface area contributed by atoms with Crippen LogP contribution in [0, 0.1) is 5.41 Å². The summed E-state index contributed by atoms with van der Waals surface area (Å²) in [4.78, 5) is 11.2. The summed E-state index contributed by atoms with van der Waals surface area (Å²) < 4.78 is 27.0. The van der Waals surface area contributed by atoms with E-state index in [0.29, 0.717) is 5.56 Å². The standard InChI is InChI=1S/C15H22ClNO4S/c1-14(2,3)17-22(20,21)11-7-6-10(12(16)8-11)9-15(4,5)13(18)19/h6-8,17H,9H2,1-5H3,(H,18,19). The first-order valence-electron chi connectivity index (χ1n) is 6.80. The molecular weight excluding hydrogens is 326 g/mol. The molecule has 0 bridgehead atoms. The second-order valence-corrected chi connectivity index (χ2v) is 9.06. The molecule has 1 aromatic rings. The molecule has 7 heteroatoms. The van der Waals surface area contributed by atoms with Crippen LogP contribution in [0.15, 0.2) is 23.1 Å². The smallest absolute Gasteiger partial charge is 0.309 e. The van der Waals surface area contributed by atoms with Crippen LogP contribution in [0.25, 0.3) is 0 Å². The van der Waals surface area contributed by atoms with Gasteiger partial charge in [0.25, 0.3) is 0 Å². The lowest BCUT2D eigenvalue weighted by atomic mass is 9.86. The van der Waals surface area contributed by atoms with E-state index < -0.39 is 26.9 Å². The Balaban J connectivity index is 3.12. The summed E-state index contributed by atoms with van der Waals surface area (Å²) in [6.07, 6.45) is 0.216. The van der Waals surface area contributed by atoms with Gasteiger partial charge in [0.05, 0.1) is 10.3 Å². The van der Waals surface area contributed by atoms with Gasteiger partial charge in [-0.1, -0.05) is 17.7 Å². The van der Waals surface area contributed by atoms with Crippen molar-refractivity contribution < 1.29 is 18.3 Å². The number of hydrogen-bond acceptors (Lipinski definition) is 3. The van der Waals surface area contributed by atoms with E-state index in [9.17, 15) is 13.2 Å². The molecule has 1 aromatic carbocycles. The molecule has 0 saturated carbocycles. The molecule has 22 heavy (non-hydrogen) atoms. The Kier molecular flexibility index (Phi) is 5.32. The van der Waals surface area contributed by atoms with E-state index in [1.54, 1.807) is 40.7 Å². The Hall–Kier alpha value is -1.11. The minimum Gasteiger partial charge on any atom is -0.481 e. The van der Waals surface area contributed by atoms with E-state index >= 15 is 0 Å². The molecule has 0 amide bonds. The van der Waals surface area contributed by atoms with Gasteiger partial charge < -0.3 is 5.11 Å². The number of carbonyl (C=O) groups is 1. The van der Waals surface area contributed by atoms with Crippen molar-refractivity contribution in [3.05, 3.63) is 28.8 Å². The Labute approximate surface area is 136 Å². The molecule has 5 nitrogen and oxygen atoms in total. The Morgan fingerprint density at radius 3 is 2.18 bits per heavy atom. The molecule has 0 saturated heterocycles. The van der Waals surface area contributed by atoms with Crippen LogP contribution in [-0.2, 0) is 21.2 Å². The van der Waals surface area contributed by atoms with Crippen LogP contribution in [0.4, 0.5) is 0 Å². The average Bonchev–Trinajstić information content (AvgIpc) is 2.28. The lowest BCUT2D eigenvalue weighted by Gasteiger charge is -2.22. The SMILES string of the molecule is CC(C)(C)NS(=O)(=O)c1ccc(CC(C)(C)C(=O)O)c(Cl)c1. The maximum Gasteiger partial charge on any atom is 0.309 e. The highest BCUT2D eigenvalue weighted by Gasteiger charge is 2.29. The molecule has 0 aliphatic rings. The summed E-state index contributed by atoms with van der Waals surface area (Å²) in [5.41, 5.74) is -0.980. The van der Waals surface area contributed by atoms with Gasteiger partial charge in [0.1, 0.15) is 0 Å². The van der Waals surface area contributed by atoms with Crippen molar-refractivity contribution in [1.82, 2.24) is 4.72 Å². The summed E-state index contributed by atoms with van der Waals surface area (Å²) in [5, 5.41) is 9.40. The van der Waals surface area contributed by atoms with Crippen LogP contribution in [0.5, 0.6) is 0 Å². The Bertz CT molecular complexity index is 675. The zero-order valence-electron chi connectivity index (χ0n) is 13.4. The highest BCUT2D eigenvalue weighted by atomic mass is 35.5. The average molecular weight is 348 g/mol. The summed E-state index contributed by atoms with van der Waals surface area (Å²) in [7, 11) is -3.67. The molecule has 2 N–H and O–H groups in total. The normalized spacial score (nSPS) is 13.2. The first-order valence-corrected chi connectivity index (χ1v) is 8.66. The highest BCUT2D eigenvalue weighted by molar-refractivity contribution is 7.89. The summed E-state index contributed by atoms with van der Waals surface area (Å²) in [5.74, 6) is -0.935. The van der Waals surface area contributed by atoms with Crippen molar-refractivity contribution in [1.29, 1.82) is 0 Å². The van der Waals surface area contributed by atoms with Crippen LogP contribution in [0.2, 0.25) is 5.02 Å². The monoisotopic (exact) mass is 347 g/mol. The van der Waals surface area contributed by atoms with Crippen molar-refractivity contribution in [2.45, 2.75) is 51.5 Å². The van der Waals surface area contributed by atoms with E-state index in [4.69, 9.17) is 16.7 Å². The molecular formula is C15H22ClNO4S. The number of aliphatic carboxylic acids is 1. The van der Waals surface area contributed by atoms with Crippen LogP contribution in [0.3, 0.4) is 0 Å². The highest BCUT2D eigenvalue weighted by Crippen LogP contribution is 2.28. The van der Waals surface area contributed by atoms with Crippen LogP contribution >= 0.6 is 11.6 Å². The van der Waals surface area contributed by atoms with E-state index in [0.717, 1.165) is 0 Å². The molecule has 1 rings (SSSR count). The fraction of sp³-hybridized carbons (Fsp3) is 0.533. The summed E-state index contributed by atoms with van der Waals surface area (Å²) >= 11 is 6.13. The second kappa shape index (κ2) is 6.18. The van der Waals surface area contributed by atoms with Crippen molar-refractivity contribution in [3.63, 3.8) is 0 Å². The number of carboxylic acids is 1. The predicted octanol–water partition coefficient (Wildman–Crippen LogP) is 3.07. The largest absolute Gasteiger partial charge is 0.481 e. The molecule has 0 spiro atoms. The lowest BCUT2D eigenvalue weighted by molar-refractivity contribution is -0.146. The fourth-order valence-corrected chi connectivity index (χ4v) is 3.61. The zero-order chi connectivity index (χ0) is 17.3. The fourth-order valence-electron chi connectivity index (χ4n) is 1.85.